The van der Waals surface area contributed by atoms with Crippen LogP contribution in [0.5, 0.6) is 23.0 Å². The molecular weight excluding hydrogens is 1160 g/mol. The lowest BCUT2D eigenvalue weighted by atomic mass is 9.32. The molecule has 12 aromatic rings. The predicted molar refractivity (Wildman–Crippen MR) is 400 cm³/mol. The van der Waals surface area contributed by atoms with Gasteiger partial charge in [0.25, 0.3) is 13.4 Å². The molecule has 0 fully saturated rings. The van der Waals surface area contributed by atoms with Crippen molar-refractivity contribution in [2.24, 2.45) is 0 Å². The highest BCUT2D eigenvalue weighted by Gasteiger charge is 2.49. The quantitative estimate of drug-likeness (QED) is 0.0948. The molecule has 1 aliphatic carbocycles. The molecule has 94 heavy (non-hydrogen) atoms. The molecule has 0 N–H and O–H groups in total. The molecule has 0 amide bonds. The molecule has 1 aromatic heterocycles. The molecule has 0 bridgehead atoms. The second-order valence-corrected chi connectivity index (χ2v) is 27.3. The van der Waals surface area contributed by atoms with Crippen molar-refractivity contribution in [3.8, 4) is 34.1 Å². The van der Waals surface area contributed by atoms with E-state index in [1.807, 2.05) is 23.5 Å². The Bertz CT molecular complexity index is 5160. The third-order valence-electron chi connectivity index (χ3n) is 20.4. The smallest absolute Gasteiger partial charge is 0.268 e. The molecule has 6 nitrogen and oxygen atoms in total. The van der Waals surface area contributed by atoms with E-state index in [0.717, 1.165) is 126 Å². The Hall–Kier alpha value is -10.5. The Morgan fingerprint density at radius 2 is 1.11 bits per heavy atom. The number of fused-ring (bicyclic) bond motifs is 11. The lowest BCUT2D eigenvalue weighted by molar-refractivity contribution is 0.466. The van der Waals surface area contributed by atoms with Crippen LogP contribution in [0.2, 0.25) is 0 Å². The molecule has 4 aliphatic heterocycles. The fourth-order valence-corrected chi connectivity index (χ4v) is 17.3. The lowest BCUT2D eigenvalue weighted by Crippen LogP contribution is -2.62. The van der Waals surface area contributed by atoms with Crippen LogP contribution in [0.1, 0.15) is 65.6 Å². The van der Waals surface area contributed by atoms with Gasteiger partial charge in [-0.05, 0) is 212 Å². The predicted octanol–water partition coefficient (Wildman–Crippen LogP) is 19.4. The largest absolute Gasteiger partial charge is 0.458 e. The van der Waals surface area contributed by atoms with Crippen molar-refractivity contribution in [1.29, 1.82) is 0 Å². The molecule has 11 aromatic carbocycles. The zero-order valence-corrected chi connectivity index (χ0v) is 55.0. The first-order valence-electron chi connectivity index (χ1n) is 33.1. The molecule has 454 valence electrons. The summed E-state index contributed by atoms with van der Waals surface area (Å²) in [6.07, 6.45) is 10.6. The molecule has 0 spiro atoms. The number of rotatable bonds is 11. The number of allylic oxidation sites excluding steroid dienone is 5. The third kappa shape index (κ3) is 9.14. The van der Waals surface area contributed by atoms with Gasteiger partial charge in [0.1, 0.15) is 23.0 Å². The topological polar surface area (TPSA) is 31.4 Å². The van der Waals surface area contributed by atoms with Gasteiger partial charge < -0.3 is 29.1 Å². The van der Waals surface area contributed by atoms with Crippen molar-refractivity contribution in [2.75, 3.05) is 19.6 Å². The van der Waals surface area contributed by atoms with Gasteiger partial charge in [-0.25, -0.2) is 0 Å². The first-order valence-corrected chi connectivity index (χ1v) is 33.9. The number of ether oxygens (including phenoxy) is 2. The zero-order chi connectivity index (χ0) is 63.6. The molecule has 0 radical (unpaired) electrons. The highest BCUT2D eigenvalue weighted by Crippen LogP contribution is 2.52. The Balaban J connectivity index is 0.941. The molecule has 0 atom stereocenters. The highest BCUT2D eigenvalue weighted by atomic mass is 32.1. The summed E-state index contributed by atoms with van der Waals surface area (Å²) in [5.41, 5.74) is 31.5. The van der Waals surface area contributed by atoms with Crippen LogP contribution in [0.15, 0.2) is 254 Å². The van der Waals surface area contributed by atoms with Crippen LogP contribution < -0.4 is 61.2 Å². The lowest BCUT2D eigenvalue weighted by Gasteiger charge is -2.42. The number of nitrogens with zero attached hydrogens (tertiary/aromatic N) is 4. The van der Waals surface area contributed by atoms with Crippen LogP contribution in [0, 0.1) is 34.6 Å². The molecular formula is C85H70B2N4O2S. The Morgan fingerprint density at radius 1 is 0.489 bits per heavy atom. The summed E-state index contributed by atoms with van der Waals surface area (Å²) in [6.45, 7) is 19.2. The van der Waals surface area contributed by atoms with E-state index in [1.54, 1.807) is 0 Å². The van der Waals surface area contributed by atoms with Gasteiger partial charge >= 0.3 is 0 Å². The number of hydrogen-bond donors (Lipinski definition) is 0. The first-order chi connectivity index (χ1) is 46.0. The number of aryl methyl sites for hydroxylation is 7. The van der Waals surface area contributed by atoms with Crippen molar-refractivity contribution in [2.45, 2.75) is 74.1 Å². The van der Waals surface area contributed by atoms with Crippen LogP contribution in [0.3, 0.4) is 0 Å². The van der Waals surface area contributed by atoms with Crippen molar-refractivity contribution in [1.82, 2.24) is 0 Å². The number of para-hydroxylation sites is 5. The van der Waals surface area contributed by atoms with Crippen LogP contribution in [0.25, 0.3) is 21.2 Å². The van der Waals surface area contributed by atoms with Crippen molar-refractivity contribution >= 4 is 130 Å². The molecule has 0 saturated carbocycles. The number of thiophene rings is 1. The fraction of sp³-hybridized carbons (Fsp3) is 0.129. The first kappa shape index (κ1) is 57.4. The molecule has 5 aliphatic rings. The summed E-state index contributed by atoms with van der Waals surface area (Å²) in [5.74, 6) is 3.22. The third-order valence-corrected chi connectivity index (χ3v) is 21.6. The normalized spacial score (nSPS) is 14.0. The summed E-state index contributed by atoms with van der Waals surface area (Å²) in [5, 5.41) is 1.23. The summed E-state index contributed by atoms with van der Waals surface area (Å²) in [7, 11) is 0. The van der Waals surface area contributed by atoms with Crippen molar-refractivity contribution < 1.29 is 9.47 Å². The second-order valence-electron chi connectivity index (χ2n) is 26.2. The van der Waals surface area contributed by atoms with Gasteiger partial charge in [-0.2, -0.15) is 0 Å². The van der Waals surface area contributed by atoms with Crippen LogP contribution >= 0.6 is 11.3 Å². The number of anilines is 11. The minimum absolute atomic E-state index is 0.190. The summed E-state index contributed by atoms with van der Waals surface area (Å²) in [6, 6.07) is 81.4. The fourth-order valence-electron chi connectivity index (χ4n) is 16.0. The molecule has 0 unspecified atom stereocenters. The number of benzene rings is 11. The van der Waals surface area contributed by atoms with E-state index in [4.69, 9.17) is 9.47 Å². The van der Waals surface area contributed by atoms with E-state index in [1.165, 1.54) is 88.9 Å². The summed E-state index contributed by atoms with van der Waals surface area (Å²) < 4.78 is 18.0. The van der Waals surface area contributed by atoms with E-state index < -0.39 is 0 Å². The van der Waals surface area contributed by atoms with E-state index in [9.17, 15) is 0 Å². The summed E-state index contributed by atoms with van der Waals surface area (Å²) in [4.78, 5) is 10.00. The van der Waals surface area contributed by atoms with Gasteiger partial charge in [-0.3, -0.25) is 0 Å². The van der Waals surface area contributed by atoms with Gasteiger partial charge in [0.2, 0.25) is 0 Å². The maximum absolute atomic E-state index is 7.79. The van der Waals surface area contributed by atoms with Crippen molar-refractivity contribution in [3.63, 3.8) is 0 Å². The van der Waals surface area contributed by atoms with Crippen molar-refractivity contribution in [3.05, 3.63) is 293 Å². The molecule has 9 heteroatoms. The molecule has 17 rings (SSSR count). The van der Waals surface area contributed by atoms with Crippen LogP contribution in [0.4, 0.5) is 62.6 Å². The van der Waals surface area contributed by atoms with Gasteiger partial charge in [0.15, 0.2) is 0 Å². The van der Waals surface area contributed by atoms with Gasteiger partial charge in [0.05, 0.1) is 28.4 Å². The second kappa shape index (κ2) is 22.7. The maximum atomic E-state index is 7.79. The van der Waals surface area contributed by atoms with E-state index >= 15 is 0 Å². The van der Waals surface area contributed by atoms with Gasteiger partial charge in [-0.15, -0.1) is 11.3 Å². The molecule has 0 saturated heterocycles. The van der Waals surface area contributed by atoms with E-state index in [-0.39, 0.29) is 13.4 Å². The van der Waals surface area contributed by atoms with Crippen LogP contribution in [-0.2, 0) is 12.8 Å². The molecule has 5 heterocycles. The monoisotopic (exact) mass is 1230 g/mol. The minimum atomic E-state index is -0.208. The maximum Gasteiger partial charge on any atom is 0.268 e. The SMILES string of the molecule is C=C/C=C\C(C)=C(/C)N(c1cc2c3c(c1)N(c1ccc4c(c1)CCCC4)c1c(sc4cc(-c5ccccc5)ccc14)B3c1cc3c(cc1O2)Oc1cc(N(c2ccccc2C)c2c(C)cccc2C)cc2c1B3c1ccccc1N2c1ccccc1)c1c(C)cccc1C. The van der Waals surface area contributed by atoms with Gasteiger partial charge in [0, 0.05) is 72.9 Å². The average Bonchev–Trinajstić information content (AvgIpc) is 1.10. The van der Waals surface area contributed by atoms with Gasteiger partial charge in [-0.1, -0.05) is 170 Å². The van der Waals surface area contributed by atoms with E-state index in [0.29, 0.717) is 0 Å². The Labute approximate surface area is 556 Å². The highest BCUT2D eigenvalue weighted by molar-refractivity contribution is 7.33. The van der Waals surface area contributed by atoms with Crippen LogP contribution in [-0.4, -0.2) is 13.4 Å². The summed E-state index contributed by atoms with van der Waals surface area (Å²) >= 11 is 1.93. The average molecular weight is 1230 g/mol. The number of hydrogen-bond acceptors (Lipinski definition) is 7. The standard InChI is InChI=1S/C85H70B2N4O2S/c1-9-10-25-52(2)58(8)88(82-54(4)27-23-28-55(82)5)65-46-74-81-78(48-65)93-76-51-75-69(50-70(76)87(81)85-84(90(74)64-42-40-60-33-18-19-34-61(60)44-64)67-43-41-62(45-79(67)94-85)59-31-13-11-14-32-59)86-68-37-20-22-39-72(68)89(63-35-15-12-16-36-63)73-47-66(49-77(92-75)80(73)86)91(71-38-21-17-26-53(71)3)83-56(6)29-24-30-57(83)7/h9-17,20-32,35-51H,1,18-19,33-34H2,2-8H3/b25-10-,58-52+. The minimum Gasteiger partial charge on any atom is -0.458 e. The Morgan fingerprint density at radius 3 is 1.84 bits per heavy atom. The Kier molecular flexibility index (Phi) is 13.9. The zero-order valence-electron chi connectivity index (χ0n) is 54.2. The van der Waals surface area contributed by atoms with E-state index in [2.05, 4.69) is 299 Å².